The molecule has 0 bridgehead atoms. The van der Waals surface area contributed by atoms with Gasteiger partial charge < -0.3 is 10.2 Å². The zero-order chi connectivity index (χ0) is 14.3. The third-order valence-corrected chi connectivity index (χ3v) is 3.32. The molecule has 1 unspecified atom stereocenters. The summed E-state index contributed by atoms with van der Waals surface area (Å²) >= 11 is 0. The molecule has 1 rings (SSSR count). The van der Waals surface area contributed by atoms with Crippen LogP contribution in [0, 0.1) is 10.1 Å². The maximum absolute atomic E-state index is 10.8. The lowest BCUT2D eigenvalue weighted by Crippen LogP contribution is -2.31. The third-order valence-electron chi connectivity index (χ3n) is 3.32. The third kappa shape index (κ3) is 4.96. The highest BCUT2D eigenvalue weighted by atomic mass is 16.6. The minimum Gasteiger partial charge on any atom is -0.309 e. The Morgan fingerprint density at radius 1 is 1.42 bits per heavy atom. The van der Waals surface area contributed by atoms with Gasteiger partial charge in [-0.3, -0.25) is 10.1 Å². The maximum atomic E-state index is 10.8. The first kappa shape index (κ1) is 15.6. The van der Waals surface area contributed by atoms with Gasteiger partial charge in [-0.2, -0.15) is 0 Å². The van der Waals surface area contributed by atoms with Crippen molar-refractivity contribution in [2.24, 2.45) is 0 Å². The van der Waals surface area contributed by atoms with Gasteiger partial charge in [0, 0.05) is 31.3 Å². The molecule has 1 N–H and O–H groups in total. The molecular formula is C14H23N3O2. The van der Waals surface area contributed by atoms with Crippen molar-refractivity contribution in [3.8, 4) is 0 Å². The van der Waals surface area contributed by atoms with Crippen LogP contribution in [0.5, 0.6) is 0 Å². The monoisotopic (exact) mass is 265 g/mol. The number of nitrogens with zero attached hydrogens (tertiary/aromatic N) is 2. The summed E-state index contributed by atoms with van der Waals surface area (Å²) in [6.45, 7) is 7.08. The molecule has 5 nitrogen and oxygen atoms in total. The number of nitro groups is 1. The Morgan fingerprint density at radius 2 is 2.16 bits per heavy atom. The van der Waals surface area contributed by atoms with Crippen LogP contribution in [0.1, 0.15) is 31.9 Å². The summed E-state index contributed by atoms with van der Waals surface area (Å²) < 4.78 is 0. The van der Waals surface area contributed by atoms with Gasteiger partial charge in [-0.15, -0.1) is 0 Å². The molecule has 0 aliphatic heterocycles. The molecule has 0 saturated carbocycles. The van der Waals surface area contributed by atoms with E-state index in [9.17, 15) is 10.1 Å². The normalized spacial score (nSPS) is 12.6. The topological polar surface area (TPSA) is 58.4 Å². The molecule has 1 aromatic carbocycles. The van der Waals surface area contributed by atoms with Crippen LogP contribution in [0.4, 0.5) is 5.69 Å². The minimum atomic E-state index is -0.346. The molecule has 1 aromatic rings. The van der Waals surface area contributed by atoms with Gasteiger partial charge in [-0.05, 0) is 25.6 Å². The largest absolute Gasteiger partial charge is 0.309 e. The molecular weight excluding hydrogens is 242 g/mol. The van der Waals surface area contributed by atoms with Crippen molar-refractivity contribution >= 4 is 5.69 Å². The van der Waals surface area contributed by atoms with E-state index in [0.29, 0.717) is 0 Å². The number of hydrogen-bond donors (Lipinski definition) is 1. The lowest BCUT2D eigenvalue weighted by atomic mass is 10.0. The van der Waals surface area contributed by atoms with Crippen molar-refractivity contribution in [3.05, 3.63) is 39.9 Å². The summed E-state index contributed by atoms with van der Waals surface area (Å²) in [5, 5.41) is 14.2. The number of likely N-dealkylation sites (N-methyl/N-ethyl adjacent to an activating group) is 1. The lowest BCUT2D eigenvalue weighted by Gasteiger charge is -2.20. The second-order valence-corrected chi connectivity index (χ2v) is 4.66. The minimum absolute atomic E-state index is 0.156. The van der Waals surface area contributed by atoms with E-state index in [0.717, 1.165) is 31.6 Å². The summed E-state index contributed by atoms with van der Waals surface area (Å²) in [7, 11) is 2.08. The Hall–Kier alpha value is -1.46. The molecule has 0 spiro atoms. The van der Waals surface area contributed by atoms with Gasteiger partial charge in [0.05, 0.1) is 4.92 Å². The fraction of sp³-hybridized carbons (Fsp3) is 0.571. The zero-order valence-electron chi connectivity index (χ0n) is 11.9. The molecule has 106 valence electrons. The molecule has 0 fully saturated rings. The van der Waals surface area contributed by atoms with Gasteiger partial charge in [-0.25, -0.2) is 0 Å². The van der Waals surface area contributed by atoms with Gasteiger partial charge in [0.25, 0.3) is 5.69 Å². The summed E-state index contributed by atoms with van der Waals surface area (Å²) in [4.78, 5) is 12.7. The molecule has 19 heavy (non-hydrogen) atoms. The Bertz CT molecular complexity index is 409. The summed E-state index contributed by atoms with van der Waals surface area (Å²) in [6.07, 6.45) is 0.914. The first-order valence-electron chi connectivity index (χ1n) is 6.74. The molecule has 0 radical (unpaired) electrons. The number of hydrogen-bond acceptors (Lipinski definition) is 4. The highest BCUT2D eigenvalue weighted by Crippen LogP contribution is 2.21. The summed E-state index contributed by atoms with van der Waals surface area (Å²) in [6, 6.07) is 7.05. The number of nitro benzene ring substituents is 1. The fourth-order valence-corrected chi connectivity index (χ4v) is 1.94. The van der Waals surface area contributed by atoms with E-state index in [1.165, 1.54) is 6.07 Å². The van der Waals surface area contributed by atoms with Crippen LogP contribution < -0.4 is 5.32 Å². The van der Waals surface area contributed by atoms with Crippen molar-refractivity contribution < 1.29 is 4.92 Å². The van der Waals surface area contributed by atoms with Crippen molar-refractivity contribution in [1.82, 2.24) is 10.2 Å². The van der Waals surface area contributed by atoms with Crippen molar-refractivity contribution in [1.29, 1.82) is 0 Å². The SMILES string of the molecule is CCC(NCCN(C)CC)c1cccc([N+](=O)[O-])c1. The summed E-state index contributed by atoms with van der Waals surface area (Å²) in [5.41, 5.74) is 1.14. The van der Waals surface area contributed by atoms with Gasteiger partial charge in [0.1, 0.15) is 0 Å². The molecule has 0 saturated heterocycles. The number of non-ortho nitro benzene ring substituents is 1. The molecule has 0 heterocycles. The molecule has 5 heteroatoms. The van der Waals surface area contributed by atoms with Crippen LogP contribution in [0.3, 0.4) is 0 Å². The Balaban J connectivity index is 2.63. The Labute approximate surface area is 114 Å². The van der Waals surface area contributed by atoms with Gasteiger partial charge in [0.15, 0.2) is 0 Å². The van der Waals surface area contributed by atoms with Crippen LogP contribution in [0.15, 0.2) is 24.3 Å². The van der Waals surface area contributed by atoms with Gasteiger partial charge in [0.2, 0.25) is 0 Å². The van der Waals surface area contributed by atoms with Crippen molar-refractivity contribution in [2.75, 3.05) is 26.7 Å². The highest BCUT2D eigenvalue weighted by Gasteiger charge is 2.12. The quantitative estimate of drug-likeness (QED) is 0.580. The van der Waals surface area contributed by atoms with Crippen LogP contribution in [0.25, 0.3) is 0 Å². The fourth-order valence-electron chi connectivity index (χ4n) is 1.94. The lowest BCUT2D eigenvalue weighted by molar-refractivity contribution is -0.384. The number of nitrogens with one attached hydrogen (secondary N) is 1. The molecule has 0 amide bonds. The predicted molar refractivity (Wildman–Crippen MR) is 77.3 cm³/mol. The molecule has 1 atom stereocenters. The smallest absolute Gasteiger partial charge is 0.269 e. The van der Waals surface area contributed by atoms with E-state index in [1.54, 1.807) is 12.1 Å². The van der Waals surface area contributed by atoms with E-state index in [2.05, 4.69) is 31.1 Å². The first-order chi connectivity index (χ1) is 9.08. The van der Waals surface area contributed by atoms with Crippen LogP contribution >= 0.6 is 0 Å². The zero-order valence-corrected chi connectivity index (χ0v) is 11.9. The van der Waals surface area contributed by atoms with E-state index in [4.69, 9.17) is 0 Å². The molecule has 0 aliphatic rings. The second kappa shape index (κ2) is 7.86. The number of rotatable bonds is 8. The molecule has 0 aromatic heterocycles. The van der Waals surface area contributed by atoms with Crippen LogP contribution in [0.2, 0.25) is 0 Å². The maximum Gasteiger partial charge on any atom is 0.269 e. The predicted octanol–water partition coefficient (Wildman–Crippen LogP) is 2.59. The van der Waals surface area contributed by atoms with Crippen LogP contribution in [-0.4, -0.2) is 36.5 Å². The highest BCUT2D eigenvalue weighted by molar-refractivity contribution is 5.35. The Kier molecular flexibility index (Phi) is 6.45. The Morgan fingerprint density at radius 3 is 2.74 bits per heavy atom. The second-order valence-electron chi connectivity index (χ2n) is 4.66. The van der Waals surface area contributed by atoms with Gasteiger partial charge in [-0.1, -0.05) is 26.0 Å². The van der Waals surface area contributed by atoms with Crippen molar-refractivity contribution in [3.63, 3.8) is 0 Å². The standard InChI is InChI=1S/C14H23N3O2/c1-4-14(15-9-10-16(3)5-2)12-7-6-8-13(11-12)17(18)19/h6-8,11,14-15H,4-5,9-10H2,1-3H3. The van der Waals surface area contributed by atoms with Crippen LogP contribution in [-0.2, 0) is 0 Å². The number of benzene rings is 1. The average molecular weight is 265 g/mol. The first-order valence-corrected chi connectivity index (χ1v) is 6.74. The van der Waals surface area contributed by atoms with E-state index >= 15 is 0 Å². The van der Waals surface area contributed by atoms with E-state index in [-0.39, 0.29) is 16.7 Å². The summed E-state index contributed by atoms with van der Waals surface area (Å²) in [5.74, 6) is 0. The van der Waals surface area contributed by atoms with E-state index < -0.39 is 0 Å². The van der Waals surface area contributed by atoms with Crippen molar-refractivity contribution in [2.45, 2.75) is 26.3 Å². The average Bonchev–Trinajstić information content (AvgIpc) is 2.43. The van der Waals surface area contributed by atoms with E-state index in [1.807, 2.05) is 6.07 Å². The van der Waals surface area contributed by atoms with Gasteiger partial charge >= 0.3 is 0 Å². The molecule has 0 aliphatic carbocycles.